The van der Waals surface area contributed by atoms with Gasteiger partial charge in [-0.2, -0.15) is 0 Å². The lowest BCUT2D eigenvalue weighted by Gasteiger charge is -2.09. The van der Waals surface area contributed by atoms with Crippen molar-refractivity contribution in [2.24, 2.45) is 0 Å². The first kappa shape index (κ1) is 17.2. The predicted molar refractivity (Wildman–Crippen MR) is 86.3 cm³/mol. The van der Waals surface area contributed by atoms with Gasteiger partial charge < -0.3 is 4.74 Å². The number of unbranched alkanes of at least 4 members (excludes halogenated alkanes) is 4. The summed E-state index contributed by atoms with van der Waals surface area (Å²) in [4.78, 5) is 4.79. The van der Waals surface area contributed by atoms with E-state index in [0.29, 0.717) is 0 Å². The first-order chi connectivity index (χ1) is 9.80. The number of methoxy groups -OCH3 is 1. The summed E-state index contributed by atoms with van der Waals surface area (Å²) in [5.41, 5.74) is 3.94. The highest BCUT2D eigenvalue weighted by Gasteiger charge is 2.04. The van der Waals surface area contributed by atoms with Crippen LogP contribution < -0.4 is 0 Å². The average Bonchev–Trinajstić information content (AvgIpc) is 2.46. The van der Waals surface area contributed by atoms with Gasteiger partial charge in [0.15, 0.2) is 0 Å². The number of aromatic nitrogens is 1. The fraction of sp³-hybridized carbons (Fsp3) is 0.722. The topological polar surface area (TPSA) is 22.1 Å². The van der Waals surface area contributed by atoms with E-state index in [0.717, 1.165) is 19.4 Å². The second-order valence-electron chi connectivity index (χ2n) is 5.62. The molecule has 0 saturated carbocycles. The molecule has 1 heterocycles. The van der Waals surface area contributed by atoms with Gasteiger partial charge in [0, 0.05) is 24.9 Å². The normalized spacial score (nSPS) is 10.9. The fourth-order valence-electron chi connectivity index (χ4n) is 2.46. The Hall–Kier alpha value is -0.890. The van der Waals surface area contributed by atoms with Crippen LogP contribution in [0.3, 0.4) is 0 Å². The van der Waals surface area contributed by atoms with Crippen LogP contribution in [0, 0.1) is 0 Å². The molecule has 0 saturated heterocycles. The Balaban J connectivity index is 2.67. The molecule has 0 fully saturated rings. The highest BCUT2D eigenvalue weighted by atomic mass is 16.5. The Morgan fingerprint density at radius 2 is 1.45 bits per heavy atom. The van der Waals surface area contributed by atoms with Crippen LogP contribution in [0.25, 0.3) is 0 Å². The molecule has 0 spiro atoms. The lowest BCUT2D eigenvalue weighted by Crippen LogP contribution is -2.03. The first-order valence-electron chi connectivity index (χ1n) is 8.27. The van der Waals surface area contributed by atoms with E-state index in [2.05, 4.69) is 26.0 Å². The molecular weight excluding hydrogens is 246 g/mol. The van der Waals surface area contributed by atoms with E-state index in [1.807, 2.05) is 0 Å². The zero-order valence-corrected chi connectivity index (χ0v) is 13.6. The maximum absolute atomic E-state index is 5.18. The summed E-state index contributed by atoms with van der Waals surface area (Å²) in [6.45, 7) is 5.27. The van der Waals surface area contributed by atoms with Crippen LogP contribution in [-0.2, 0) is 24.0 Å². The van der Waals surface area contributed by atoms with E-state index in [-0.39, 0.29) is 0 Å². The monoisotopic (exact) mass is 277 g/mol. The van der Waals surface area contributed by atoms with Crippen LogP contribution in [0.1, 0.15) is 69.3 Å². The van der Waals surface area contributed by atoms with Crippen molar-refractivity contribution in [3.8, 4) is 0 Å². The zero-order valence-electron chi connectivity index (χ0n) is 13.6. The maximum atomic E-state index is 5.18. The van der Waals surface area contributed by atoms with Gasteiger partial charge in [0.25, 0.3) is 0 Å². The van der Waals surface area contributed by atoms with Gasteiger partial charge in [0.2, 0.25) is 0 Å². The zero-order chi connectivity index (χ0) is 14.6. The molecule has 0 unspecified atom stereocenters. The summed E-state index contributed by atoms with van der Waals surface area (Å²) >= 11 is 0. The summed E-state index contributed by atoms with van der Waals surface area (Å²) < 4.78 is 5.18. The number of ether oxygens (including phenoxy) is 1. The number of hydrogen-bond acceptors (Lipinski definition) is 2. The lowest BCUT2D eigenvalue weighted by molar-refractivity contribution is 0.201. The molecule has 0 bridgehead atoms. The van der Waals surface area contributed by atoms with Crippen LogP contribution in [-0.4, -0.2) is 18.7 Å². The smallest absolute Gasteiger partial charge is 0.0517 e. The second kappa shape index (κ2) is 10.8. The van der Waals surface area contributed by atoms with Gasteiger partial charge in [-0.05, 0) is 43.4 Å². The SMILES string of the molecule is CCCCCc1cc(CCCCC)nc(CCOC)c1. The van der Waals surface area contributed by atoms with Crippen molar-refractivity contribution in [1.29, 1.82) is 0 Å². The molecular formula is C18H31NO. The highest BCUT2D eigenvalue weighted by molar-refractivity contribution is 5.22. The third kappa shape index (κ3) is 7.04. The number of pyridine rings is 1. The van der Waals surface area contributed by atoms with E-state index in [9.17, 15) is 0 Å². The molecule has 1 aromatic heterocycles. The molecule has 114 valence electrons. The second-order valence-corrected chi connectivity index (χ2v) is 5.62. The van der Waals surface area contributed by atoms with Gasteiger partial charge in [0.1, 0.15) is 0 Å². The van der Waals surface area contributed by atoms with E-state index in [4.69, 9.17) is 9.72 Å². The number of nitrogens with zero attached hydrogens (tertiary/aromatic N) is 1. The van der Waals surface area contributed by atoms with Gasteiger partial charge >= 0.3 is 0 Å². The van der Waals surface area contributed by atoms with Crippen LogP contribution in [0.4, 0.5) is 0 Å². The lowest BCUT2D eigenvalue weighted by atomic mass is 10.0. The Morgan fingerprint density at radius 3 is 2.05 bits per heavy atom. The Kier molecular flexibility index (Phi) is 9.31. The van der Waals surface area contributed by atoms with Gasteiger partial charge in [-0.15, -0.1) is 0 Å². The summed E-state index contributed by atoms with van der Waals surface area (Å²) in [7, 11) is 1.76. The molecule has 2 heteroatoms. The number of hydrogen-bond donors (Lipinski definition) is 0. The van der Waals surface area contributed by atoms with Crippen molar-refractivity contribution in [2.45, 2.75) is 71.6 Å². The maximum Gasteiger partial charge on any atom is 0.0517 e. The van der Waals surface area contributed by atoms with Crippen LogP contribution >= 0.6 is 0 Å². The minimum Gasteiger partial charge on any atom is -0.384 e. The quantitative estimate of drug-likeness (QED) is 0.545. The highest BCUT2D eigenvalue weighted by Crippen LogP contribution is 2.13. The standard InChI is InChI=1S/C18H31NO/c1-4-6-8-10-16-14-17(11-9-7-5-2)19-18(15-16)12-13-20-3/h14-15H,4-13H2,1-3H3. The van der Waals surface area contributed by atoms with Crippen molar-refractivity contribution >= 4 is 0 Å². The van der Waals surface area contributed by atoms with Crippen molar-refractivity contribution in [3.05, 3.63) is 29.1 Å². The fourth-order valence-corrected chi connectivity index (χ4v) is 2.46. The predicted octanol–water partition coefficient (Wildman–Crippen LogP) is 4.74. The molecule has 2 nitrogen and oxygen atoms in total. The van der Waals surface area contributed by atoms with Crippen LogP contribution in [0.2, 0.25) is 0 Å². The molecule has 0 aromatic carbocycles. The molecule has 0 amide bonds. The summed E-state index contributed by atoms with van der Waals surface area (Å²) in [5.74, 6) is 0. The molecule has 0 aliphatic rings. The minimum absolute atomic E-state index is 0.764. The van der Waals surface area contributed by atoms with Gasteiger partial charge in [-0.25, -0.2) is 0 Å². The largest absolute Gasteiger partial charge is 0.384 e. The Morgan fingerprint density at radius 1 is 0.850 bits per heavy atom. The van der Waals surface area contributed by atoms with E-state index >= 15 is 0 Å². The number of rotatable bonds is 11. The molecule has 0 radical (unpaired) electrons. The third-order valence-corrected chi connectivity index (χ3v) is 3.66. The van der Waals surface area contributed by atoms with Gasteiger partial charge in [-0.1, -0.05) is 39.5 Å². The molecule has 0 atom stereocenters. The third-order valence-electron chi connectivity index (χ3n) is 3.66. The van der Waals surface area contributed by atoms with E-state index in [1.54, 1.807) is 7.11 Å². The van der Waals surface area contributed by atoms with Crippen molar-refractivity contribution in [2.75, 3.05) is 13.7 Å². The number of aryl methyl sites for hydroxylation is 2. The summed E-state index contributed by atoms with van der Waals surface area (Å²) in [6, 6.07) is 4.60. The summed E-state index contributed by atoms with van der Waals surface area (Å²) in [5, 5.41) is 0. The van der Waals surface area contributed by atoms with E-state index < -0.39 is 0 Å². The van der Waals surface area contributed by atoms with Crippen molar-refractivity contribution < 1.29 is 4.74 Å². The van der Waals surface area contributed by atoms with Gasteiger partial charge in [0.05, 0.1) is 6.61 Å². The van der Waals surface area contributed by atoms with Crippen molar-refractivity contribution in [3.63, 3.8) is 0 Å². The Bertz CT molecular complexity index is 334. The van der Waals surface area contributed by atoms with Crippen molar-refractivity contribution in [1.82, 2.24) is 4.98 Å². The molecule has 1 aromatic rings. The van der Waals surface area contributed by atoms with E-state index in [1.165, 1.54) is 61.9 Å². The average molecular weight is 277 g/mol. The minimum atomic E-state index is 0.764. The Labute approximate surface area is 125 Å². The molecule has 0 aliphatic carbocycles. The first-order valence-corrected chi connectivity index (χ1v) is 8.27. The molecule has 0 aliphatic heterocycles. The summed E-state index contributed by atoms with van der Waals surface area (Å²) in [6.07, 6.45) is 11.0. The molecule has 20 heavy (non-hydrogen) atoms. The van der Waals surface area contributed by atoms with Gasteiger partial charge in [-0.3, -0.25) is 4.98 Å². The van der Waals surface area contributed by atoms with Crippen LogP contribution in [0.5, 0.6) is 0 Å². The molecule has 0 N–H and O–H groups in total. The molecule has 1 rings (SSSR count). The van der Waals surface area contributed by atoms with Crippen LogP contribution in [0.15, 0.2) is 12.1 Å².